The van der Waals surface area contributed by atoms with E-state index < -0.39 is 4.32 Å². The van der Waals surface area contributed by atoms with Crippen LogP contribution in [0.4, 0.5) is 0 Å². The van der Waals surface area contributed by atoms with E-state index in [-0.39, 0.29) is 5.91 Å². The van der Waals surface area contributed by atoms with Gasteiger partial charge >= 0.3 is 0 Å². The van der Waals surface area contributed by atoms with Gasteiger partial charge in [0.25, 0.3) is 0 Å². The maximum Gasteiger partial charge on any atom is 0.234 e. The predicted octanol–water partition coefficient (Wildman–Crippen LogP) is 4.41. The number of rotatable bonds is 11. The first-order valence-electron chi connectivity index (χ1n) is 7.45. The molecule has 0 rings (SSSR count). The minimum absolute atomic E-state index is 0.220. The van der Waals surface area contributed by atoms with Crippen LogP contribution in [0.15, 0.2) is 0 Å². The fourth-order valence-electron chi connectivity index (χ4n) is 2.47. The molecular formula is C16H28BrNO. The van der Waals surface area contributed by atoms with E-state index in [1.54, 1.807) is 0 Å². The summed E-state index contributed by atoms with van der Waals surface area (Å²) in [5, 5.41) is 0. The van der Waals surface area contributed by atoms with Gasteiger partial charge in [-0.3, -0.25) is 4.79 Å². The molecule has 2 nitrogen and oxygen atoms in total. The van der Waals surface area contributed by atoms with E-state index in [9.17, 15) is 4.79 Å². The number of hydrogen-bond acceptors (Lipinski definition) is 1. The molecule has 0 bridgehead atoms. The SMILES string of the molecule is C#CCCCC(CCCC)C(Br)(CCCC)C(N)=O. The Balaban J connectivity index is 4.79. The highest BCUT2D eigenvalue weighted by atomic mass is 79.9. The summed E-state index contributed by atoms with van der Waals surface area (Å²) in [6.07, 6.45) is 14.3. The molecule has 2 unspecified atom stereocenters. The van der Waals surface area contributed by atoms with Crippen LogP contribution in [-0.2, 0) is 4.79 Å². The number of amides is 1. The first kappa shape index (κ1) is 18.5. The Labute approximate surface area is 127 Å². The second-order valence-corrected chi connectivity index (χ2v) is 6.68. The van der Waals surface area contributed by atoms with Crippen molar-refractivity contribution < 1.29 is 4.79 Å². The molecule has 3 heteroatoms. The van der Waals surface area contributed by atoms with Crippen molar-refractivity contribution in [3.63, 3.8) is 0 Å². The van der Waals surface area contributed by atoms with Gasteiger partial charge in [-0.1, -0.05) is 55.5 Å². The molecule has 110 valence electrons. The summed E-state index contributed by atoms with van der Waals surface area (Å²) in [6, 6.07) is 0. The molecule has 0 saturated heterocycles. The third-order valence-electron chi connectivity index (χ3n) is 3.73. The highest BCUT2D eigenvalue weighted by molar-refractivity contribution is 9.10. The summed E-state index contributed by atoms with van der Waals surface area (Å²) in [5.41, 5.74) is 5.66. The monoisotopic (exact) mass is 329 g/mol. The van der Waals surface area contributed by atoms with E-state index in [1.807, 2.05) is 0 Å². The second-order valence-electron chi connectivity index (χ2n) is 5.27. The third kappa shape index (κ3) is 6.47. The van der Waals surface area contributed by atoms with Gasteiger partial charge in [0.15, 0.2) is 0 Å². The summed E-state index contributed by atoms with van der Waals surface area (Å²) in [5.74, 6) is 2.75. The third-order valence-corrected chi connectivity index (χ3v) is 5.17. The molecule has 0 aliphatic carbocycles. The average Bonchev–Trinajstić information content (AvgIpc) is 2.39. The smallest absolute Gasteiger partial charge is 0.234 e. The summed E-state index contributed by atoms with van der Waals surface area (Å²) in [6.45, 7) is 4.30. The Morgan fingerprint density at radius 3 is 2.32 bits per heavy atom. The van der Waals surface area contributed by atoms with Gasteiger partial charge in [0.1, 0.15) is 4.32 Å². The molecule has 2 N–H and O–H groups in total. The van der Waals surface area contributed by atoms with E-state index in [2.05, 4.69) is 35.7 Å². The van der Waals surface area contributed by atoms with E-state index in [1.165, 1.54) is 0 Å². The van der Waals surface area contributed by atoms with Crippen molar-refractivity contribution in [2.75, 3.05) is 0 Å². The number of nitrogens with two attached hydrogens (primary N) is 1. The second kappa shape index (κ2) is 10.3. The molecule has 0 aliphatic rings. The van der Waals surface area contributed by atoms with Gasteiger partial charge < -0.3 is 5.73 Å². The lowest BCUT2D eigenvalue weighted by atomic mass is 9.80. The van der Waals surface area contributed by atoms with Crippen molar-refractivity contribution in [3.05, 3.63) is 0 Å². The van der Waals surface area contributed by atoms with Crippen molar-refractivity contribution in [2.45, 2.75) is 76.0 Å². The number of hydrogen-bond donors (Lipinski definition) is 1. The summed E-state index contributed by atoms with van der Waals surface area (Å²) in [4.78, 5) is 11.9. The van der Waals surface area contributed by atoms with Crippen molar-refractivity contribution >= 4 is 21.8 Å². The fourth-order valence-corrected chi connectivity index (χ4v) is 3.20. The van der Waals surface area contributed by atoms with Gasteiger partial charge in [-0.15, -0.1) is 12.3 Å². The number of alkyl halides is 1. The van der Waals surface area contributed by atoms with E-state index in [0.29, 0.717) is 5.92 Å². The number of terminal acetylenes is 1. The Morgan fingerprint density at radius 2 is 1.84 bits per heavy atom. The van der Waals surface area contributed by atoms with Crippen LogP contribution in [-0.4, -0.2) is 10.2 Å². The molecule has 0 aromatic carbocycles. The summed E-state index contributed by atoms with van der Waals surface area (Å²) >= 11 is 3.67. The maximum absolute atomic E-state index is 11.9. The zero-order valence-electron chi connectivity index (χ0n) is 12.4. The van der Waals surface area contributed by atoms with E-state index >= 15 is 0 Å². The van der Waals surface area contributed by atoms with E-state index in [0.717, 1.165) is 57.8 Å². The minimum atomic E-state index is -0.549. The van der Waals surface area contributed by atoms with Gasteiger partial charge in [0.2, 0.25) is 5.91 Å². The van der Waals surface area contributed by atoms with E-state index in [4.69, 9.17) is 12.2 Å². The Bertz CT molecular complexity index is 298. The van der Waals surface area contributed by atoms with Crippen molar-refractivity contribution in [1.82, 2.24) is 0 Å². The molecule has 0 radical (unpaired) electrons. The molecule has 0 fully saturated rings. The van der Waals surface area contributed by atoms with Crippen LogP contribution in [0, 0.1) is 18.3 Å². The number of carbonyl (C=O) groups excluding carboxylic acids is 1. The topological polar surface area (TPSA) is 43.1 Å². The number of primary amides is 1. The van der Waals surface area contributed by atoms with Crippen LogP contribution in [0.2, 0.25) is 0 Å². The molecule has 0 aromatic rings. The average molecular weight is 330 g/mol. The van der Waals surface area contributed by atoms with Crippen LogP contribution >= 0.6 is 15.9 Å². The van der Waals surface area contributed by atoms with Gasteiger partial charge in [-0.2, -0.15) is 0 Å². The van der Waals surface area contributed by atoms with Gasteiger partial charge in [-0.25, -0.2) is 0 Å². The van der Waals surface area contributed by atoms with Crippen LogP contribution < -0.4 is 5.73 Å². The van der Waals surface area contributed by atoms with Crippen LogP contribution in [0.25, 0.3) is 0 Å². The quantitative estimate of drug-likeness (QED) is 0.340. The van der Waals surface area contributed by atoms with Crippen LogP contribution in [0.1, 0.15) is 71.6 Å². The highest BCUT2D eigenvalue weighted by Crippen LogP contribution is 2.39. The van der Waals surface area contributed by atoms with Crippen molar-refractivity contribution in [3.8, 4) is 12.3 Å². The molecule has 0 saturated carbocycles. The molecule has 0 aliphatic heterocycles. The Morgan fingerprint density at radius 1 is 1.26 bits per heavy atom. The van der Waals surface area contributed by atoms with Gasteiger partial charge in [-0.05, 0) is 31.6 Å². The van der Waals surface area contributed by atoms with Crippen molar-refractivity contribution in [2.24, 2.45) is 11.7 Å². The maximum atomic E-state index is 11.9. The zero-order valence-corrected chi connectivity index (χ0v) is 14.0. The lowest BCUT2D eigenvalue weighted by Gasteiger charge is -2.33. The van der Waals surface area contributed by atoms with Crippen molar-refractivity contribution in [1.29, 1.82) is 0 Å². The zero-order chi connectivity index (χ0) is 14.7. The summed E-state index contributed by atoms with van der Waals surface area (Å²) in [7, 11) is 0. The molecular weight excluding hydrogens is 302 g/mol. The van der Waals surface area contributed by atoms with Gasteiger partial charge in [0, 0.05) is 6.42 Å². The van der Waals surface area contributed by atoms with Crippen LogP contribution in [0.3, 0.4) is 0 Å². The number of carbonyl (C=O) groups is 1. The predicted molar refractivity (Wildman–Crippen MR) is 86.1 cm³/mol. The normalized spacial score (nSPS) is 15.5. The van der Waals surface area contributed by atoms with Crippen LogP contribution in [0.5, 0.6) is 0 Å². The standard InChI is InChI=1S/C16H28BrNO/c1-4-7-10-12-14(11-8-5-2)16(17,15(18)19)13-9-6-3/h1,14H,5-13H2,2-3H3,(H2,18,19). The molecule has 1 amide bonds. The minimum Gasteiger partial charge on any atom is -0.368 e. The molecule has 19 heavy (non-hydrogen) atoms. The lowest BCUT2D eigenvalue weighted by Crippen LogP contribution is -2.44. The lowest BCUT2D eigenvalue weighted by molar-refractivity contribution is -0.121. The first-order chi connectivity index (χ1) is 9.02. The summed E-state index contributed by atoms with van der Waals surface area (Å²) < 4.78 is -0.549. The molecule has 0 heterocycles. The highest BCUT2D eigenvalue weighted by Gasteiger charge is 2.40. The molecule has 0 spiro atoms. The number of halogens is 1. The number of unbranched alkanes of at least 4 members (excludes halogenated alkanes) is 3. The van der Waals surface area contributed by atoms with Gasteiger partial charge in [0.05, 0.1) is 0 Å². The Hall–Kier alpha value is -0.490. The molecule has 2 atom stereocenters. The largest absolute Gasteiger partial charge is 0.368 e. The fraction of sp³-hybridized carbons (Fsp3) is 0.812. The Kier molecular flexibility index (Phi) is 10.0. The molecule has 0 aromatic heterocycles. The first-order valence-corrected chi connectivity index (χ1v) is 8.24.